The fourth-order valence-corrected chi connectivity index (χ4v) is 4.32. The summed E-state index contributed by atoms with van der Waals surface area (Å²) in [6.45, 7) is 0.500. The Labute approximate surface area is 163 Å². The first-order chi connectivity index (χ1) is 13.6. The second-order valence-electron chi connectivity index (χ2n) is 7.63. The zero-order valence-electron chi connectivity index (χ0n) is 15.6. The minimum atomic E-state index is -2.86. The zero-order valence-corrected chi connectivity index (χ0v) is 15.6. The summed E-state index contributed by atoms with van der Waals surface area (Å²) in [5.74, 6) is 0.492. The molecule has 2 atom stereocenters. The summed E-state index contributed by atoms with van der Waals surface area (Å²) in [6, 6.07) is 16.8. The van der Waals surface area contributed by atoms with Crippen molar-refractivity contribution in [1.29, 1.82) is 0 Å². The molecular formula is C22H24F2N2O2. The highest BCUT2D eigenvalue weighted by Gasteiger charge is 2.36. The van der Waals surface area contributed by atoms with Gasteiger partial charge in [-0.05, 0) is 48.6 Å². The molecule has 2 bridgehead atoms. The standard InChI is InChI=1S/C22H24F2N2O2/c23-22(24)28-20-10-7-18(8-11-20)21(27)26-14-17-6-9-19(15-26)25(13-17)12-16-4-2-1-3-5-16/h1-5,7-8,10-11,17,19,22H,6,9,12-15H2/t17-,19-/m1/s1. The fourth-order valence-electron chi connectivity index (χ4n) is 4.32. The number of amides is 1. The molecule has 6 heteroatoms. The summed E-state index contributed by atoms with van der Waals surface area (Å²) in [5.41, 5.74) is 1.81. The molecule has 0 N–H and O–H groups in total. The van der Waals surface area contributed by atoms with Crippen molar-refractivity contribution in [3.8, 4) is 5.75 Å². The second-order valence-corrected chi connectivity index (χ2v) is 7.63. The summed E-state index contributed by atoms with van der Waals surface area (Å²) in [5, 5.41) is 0. The van der Waals surface area contributed by atoms with E-state index < -0.39 is 6.61 Å². The number of piperidine rings is 1. The summed E-state index contributed by atoms with van der Waals surface area (Å²) in [6.07, 6.45) is 2.24. The average Bonchev–Trinajstić information content (AvgIpc) is 3.00. The molecule has 2 aromatic carbocycles. The van der Waals surface area contributed by atoms with E-state index in [1.807, 2.05) is 11.0 Å². The van der Waals surface area contributed by atoms with Crippen LogP contribution in [-0.2, 0) is 6.54 Å². The molecule has 1 amide bonds. The molecule has 0 aliphatic carbocycles. The number of nitrogens with zero attached hydrogens (tertiary/aromatic N) is 2. The van der Waals surface area contributed by atoms with Crippen LogP contribution in [0, 0.1) is 5.92 Å². The lowest BCUT2D eigenvalue weighted by Crippen LogP contribution is -2.43. The first kappa shape index (κ1) is 18.9. The zero-order chi connectivity index (χ0) is 19.5. The first-order valence-electron chi connectivity index (χ1n) is 9.70. The van der Waals surface area contributed by atoms with Crippen LogP contribution in [-0.4, -0.2) is 48.0 Å². The minimum absolute atomic E-state index is 0.0398. The second kappa shape index (κ2) is 8.27. The monoisotopic (exact) mass is 386 g/mol. The molecule has 0 aromatic heterocycles. The highest BCUT2D eigenvalue weighted by Crippen LogP contribution is 2.30. The van der Waals surface area contributed by atoms with Gasteiger partial charge in [0.2, 0.25) is 0 Å². The molecule has 3 saturated heterocycles. The number of ether oxygens (including phenoxy) is 1. The van der Waals surface area contributed by atoms with Gasteiger partial charge >= 0.3 is 6.61 Å². The minimum Gasteiger partial charge on any atom is -0.435 e. The van der Waals surface area contributed by atoms with E-state index in [0.29, 0.717) is 24.1 Å². The van der Waals surface area contributed by atoms with E-state index in [4.69, 9.17) is 0 Å². The van der Waals surface area contributed by atoms with Gasteiger partial charge in [0.05, 0.1) is 0 Å². The average molecular weight is 386 g/mol. The van der Waals surface area contributed by atoms with E-state index in [-0.39, 0.29) is 11.7 Å². The van der Waals surface area contributed by atoms with Gasteiger partial charge in [0.1, 0.15) is 5.75 Å². The lowest BCUT2D eigenvalue weighted by atomic mass is 9.94. The van der Waals surface area contributed by atoms with Gasteiger partial charge in [-0.1, -0.05) is 30.3 Å². The summed E-state index contributed by atoms with van der Waals surface area (Å²) in [7, 11) is 0. The largest absolute Gasteiger partial charge is 0.435 e. The molecule has 0 saturated carbocycles. The number of carbonyl (C=O) groups is 1. The number of carbonyl (C=O) groups excluding carboxylic acids is 1. The highest BCUT2D eigenvalue weighted by molar-refractivity contribution is 5.94. The maximum atomic E-state index is 13.0. The van der Waals surface area contributed by atoms with Crippen molar-refractivity contribution < 1.29 is 18.3 Å². The van der Waals surface area contributed by atoms with Gasteiger partial charge in [-0.25, -0.2) is 0 Å². The summed E-state index contributed by atoms with van der Waals surface area (Å²) in [4.78, 5) is 17.4. The van der Waals surface area contributed by atoms with Crippen LogP contribution in [0.4, 0.5) is 8.78 Å². The van der Waals surface area contributed by atoms with Gasteiger partial charge in [0, 0.05) is 37.8 Å². The van der Waals surface area contributed by atoms with Crippen LogP contribution in [0.25, 0.3) is 0 Å². The lowest BCUT2D eigenvalue weighted by Gasteiger charge is -2.36. The number of fused-ring (bicyclic) bond motifs is 4. The van der Waals surface area contributed by atoms with Crippen LogP contribution in [0.2, 0.25) is 0 Å². The van der Waals surface area contributed by atoms with Gasteiger partial charge in [-0.2, -0.15) is 8.78 Å². The maximum Gasteiger partial charge on any atom is 0.387 e. The maximum absolute atomic E-state index is 13.0. The Morgan fingerprint density at radius 2 is 1.75 bits per heavy atom. The Bertz CT molecular complexity index is 798. The van der Waals surface area contributed by atoms with Crippen molar-refractivity contribution in [2.24, 2.45) is 5.92 Å². The molecule has 3 fully saturated rings. The third-order valence-electron chi connectivity index (χ3n) is 5.67. The van der Waals surface area contributed by atoms with E-state index >= 15 is 0 Å². The Kier molecular flexibility index (Phi) is 5.57. The Balaban J connectivity index is 1.44. The predicted octanol–water partition coefficient (Wildman–Crippen LogP) is 4.02. The fraction of sp³-hybridized carbons (Fsp3) is 0.409. The third kappa shape index (κ3) is 4.33. The molecule has 2 aromatic rings. The normalized spacial score (nSPS) is 22.3. The van der Waals surface area contributed by atoms with Gasteiger partial charge < -0.3 is 9.64 Å². The predicted molar refractivity (Wildman–Crippen MR) is 102 cm³/mol. The van der Waals surface area contributed by atoms with E-state index in [1.54, 1.807) is 12.1 Å². The molecule has 0 radical (unpaired) electrons. The van der Waals surface area contributed by atoms with Crippen LogP contribution in [0.3, 0.4) is 0 Å². The van der Waals surface area contributed by atoms with E-state index in [9.17, 15) is 13.6 Å². The van der Waals surface area contributed by atoms with E-state index in [2.05, 4.69) is 33.9 Å². The molecule has 3 heterocycles. The van der Waals surface area contributed by atoms with E-state index in [0.717, 1.165) is 32.5 Å². The van der Waals surface area contributed by atoms with Crippen molar-refractivity contribution in [1.82, 2.24) is 9.80 Å². The topological polar surface area (TPSA) is 32.8 Å². The van der Waals surface area contributed by atoms with Gasteiger partial charge in [0.25, 0.3) is 5.91 Å². The van der Waals surface area contributed by atoms with Crippen LogP contribution in [0.15, 0.2) is 54.6 Å². The van der Waals surface area contributed by atoms with Gasteiger partial charge in [-0.3, -0.25) is 9.69 Å². The molecule has 3 aliphatic rings. The molecule has 3 aliphatic heterocycles. The number of benzene rings is 2. The number of halogens is 2. The third-order valence-corrected chi connectivity index (χ3v) is 5.67. The van der Waals surface area contributed by atoms with Crippen LogP contribution in [0.1, 0.15) is 28.8 Å². The van der Waals surface area contributed by atoms with Crippen LogP contribution < -0.4 is 4.74 Å². The molecule has 4 nitrogen and oxygen atoms in total. The molecule has 0 spiro atoms. The first-order valence-corrected chi connectivity index (χ1v) is 9.70. The molecule has 148 valence electrons. The van der Waals surface area contributed by atoms with E-state index in [1.165, 1.54) is 17.7 Å². The Hall–Kier alpha value is -2.47. The Morgan fingerprint density at radius 3 is 2.46 bits per heavy atom. The number of rotatable bonds is 5. The number of hydrogen-bond acceptors (Lipinski definition) is 3. The summed E-state index contributed by atoms with van der Waals surface area (Å²) >= 11 is 0. The molecule has 5 rings (SSSR count). The van der Waals surface area contributed by atoms with Crippen molar-refractivity contribution in [2.75, 3.05) is 19.6 Å². The highest BCUT2D eigenvalue weighted by atomic mass is 19.3. The van der Waals surface area contributed by atoms with Crippen molar-refractivity contribution in [2.45, 2.75) is 32.0 Å². The lowest BCUT2D eigenvalue weighted by molar-refractivity contribution is -0.0498. The quantitative estimate of drug-likeness (QED) is 0.778. The molecule has 0 unspecified atom stereocenters. The van der Waals surface area contributed by atoms with Gasteiger partial charge in [-0.15, -0.1) is 0 Å². The Morgan fingerprint density at radius 1 is 1.00 bits per heavy atom. The number of hydrogen-bond donors (Lipinski definition) is 0. The SMILES string of the molecule is O=C(c1ccc(OC(F)F)cc1)N1C[C@@H]2CC[C@H](C1)N(Cc1ccccc1)C2. The smallest absolute Gasteiger partial charge is 0.387 e. The van der Waals surface area contributed by atoms with Crippen molar-refractivity contribution >= 4 is 5.91 Å². The summed E-state index contributed by atoms with van der Waals surface area (Å²) < 4.78 is 29.0. The van der Waals surface area contributed by atoms with Crippen LogP contribution in [0.5, 0.6) is 5.75 Å². The van der Waals surface area contributed by atoms with Gasteiger partial charge in [0.15, 0.2) is 0 Å². The van der Waals surface area contributed by atoms with Crippen LogP contribution >= 0.6 is 0 Å². The molecule has 28 heavy (non-hydrogen) atoms. The molecular weight excluding hydrogens is 362 g/mol. The number of alkyl halides is 2. The van der Waals surface area contributed by atoms with Crippen molar-refractivity contribution in [3.05, 3.63) is 65.7 Å². The van der Waals surface area contributed by atoms with Crippen molar-refractivity contribution in [3.63, 3.8) is 0 Å².